The van der Waals surface area contributed by atoms with E-state index in [4.69, 9.17) is 9.31 Å². The second kappa shape index (κ2) is 4.69. The predicted molar refractivity (Wildman–Crippen MR) is 83.3 cm³/mol. The SMILES string of the molecule is CC1(C)OB(c2cc(-c3cccnc3)cs2)OC1(C)C. The summed E-state index contributed by atoms with van der Waals surface area (Å²) in [7, 11) is -0.282. The summed E-state index contributed by atoms with van der Waals surface area (Å²) >= 11 is 1.67. The van der Waals surface area contributed by atoms with Gasteiger partial charge in [0.2, 0.25) is 0 Å². The molecule has 0 unspecified atom stereocenters. The predicted octanol–water partition coefficient (Wildman–Crippen LogP) is 3.11. The maximum absolute atomic E-state index is 6.07. The lowest BCUT2D eigenvalue weighted by molar-refractivity contribution is 0.00578. The summed E-state index contributed by atoms with van der Waals surface area (Å²) in [6.45, 7) is 8.29. The highest BCUT2D eigenvalue weighted by atomic mass is 32.1. The van der Waals surface area contributed by atoms with E-state index in [2.05, 4.69) is 50.2 Å². The van der Waals surface area contributed by atoms with Crippen molar-refractivity contribution in [1.82, 2.24) is 4.98 Å². The lowest BCUT2D eigenvalue weighted by Crippen LogP contribution is -2.41. The van der Waals surface area contributed by atoms with E-state index in [1.165, 1.54) is 0 Å². The molecule has 0 bridgehead atoms. The first-order valence-corrected chi connectivity index (χ1v) is 7.61. The molecule has 3 nitrogen and oxygen atoms in total. The number of aromatic nitrogens is 1. The average molecular weight is 287 g/mol. The molecule has 1 saturated heterocycles. The third-order valence-electron chi connectivity index (χ3n) is 4.10. The highest BCUT2D eigenvalue weighted by molar-refractivity contribution is 7.21. The molecule has 2 aromatic heterocycles. The number of hydrogen-bond acceptors (Lipinski definition) is 4. The number of hydrogen-bond donors (Lipinski definition) is 0. The Morgan fingerprint density at radius 1 is 1.10 bits per heavy atom. The zero-order chi connectivity index (χ0) is 14.4. The Bertz CT molecular complexity index is 593. The van der Waals surface area contributed by atoms with Crippen molar-refractivity contribution in [3.05, 3.63) is 36.0 Å². The van der Waals surface area contributed by atoms with Crippen molar-refractivity contribution >= 4 is 23.2 Å². The minimum Gasteiger partial charge on any atom is -0.399 e. The van der Waals surface area contributed by atoms with Crippen LogP contribution in [0.25, 0.3) is 11.1 Å². The summed E-state index contributed by atoms with van der Waals surface area (Å²) in [6, 6.07) is 6.13. The van der Waals surface area contributed by atoms with Gasteiger partial charge >= 0.3 is 7.12 Å². The van der Waals surface area contributed by atoms with E-state index in [-0.39, 0.29) is 18.3 Å². The molecule has 5 heteroatoms. The van der Waals surface area contributed by atoms with Gasteiger partial charge in [0.25, 0.3) is 0 Å². The standard InChI is InChI=1S/C15H18BNO2S/c1-14(2)15(3,4)19-16(18-14)13-8-12(10-20-13)11-6-5-7-17-9-11/h5-10H,1-4H3. The maximum Gasteiger partial charge on any atom is 0.505 e. The first-order valence-electron chi connectivity index (χ1n) is 6.73. The lowest BCUT2D eigenvalue weighted by atomic mass is 9.87. The van der Waals surface area contributed by atoms with Crippen LogP contribution in [-0.4, -0.2) is 23.3 Å². The van der Waals surface area contributed by atoms with Crippen LogP contribution in [0.1, 0.15) is 27.7 Å². The number of rotatable bonds is 2. The normalized spacial score (nSPS) is 20.3. The number of thiophene rings is 1. The molecule has 104 valence electrons. The van der Waals surface area contributed by atoms with Crippen molar-refractivity contribution in [2.24, 2.45) is 0 Å². The van der Waals surface area contributed by atoms with Crippen LogP contribution in [0.3, 0.4) is 0 Å². The highest BCUT2D eigenvalue weighted by Crippen LogP contribution is 2.37. The summed E-state index contributed by atoms with van der Waals surface area (Å²) in [5.74, 6) is 0. The first-order chi connectivity index (χ1) is 9.39. The van der Waals surface area contributed by atoms with Gasteiger partial charge in [0.15, 0.2) is 0 Å². The van der Waals surface area contributed by atoms with Crippen LogP contribution in [0.15, 0.2) is 36.0 Å². The summed E-state index contributed by atoms with van der Waals surface area (Å²) in [5, 5.41) is 2.12. The van der Waals surface area contributed by atoms with Crippen LogP contribution in [0.2, 0.25) is 0 Å². The van der Waals surface area contributed by atoms with Crippen molar-refractivity contribution in [3.8, 4) is 11.1 Å². The second-order valence-electron chi connectivity index (χ2n) is 6.07. The van der Waals surface area contributed by atoms with E-state index >= 15 is 0 Å². The Morgan fingerprint density at radius 3 is 2.40 bits per heavy atom. The molecule has 0 N–H and O–H groups in total. The van der Waals surface area contributed by atoms with Crippen molar-refractivity contribution in [3.63, 3.8) is 0 Å². The van der Waals surface area contributed by atoms with E-state index in [1.54, 1.807) is 17.5 Å². The van der Waals surface area contributed by atoms with Gasteiger partial charge in [-0.25, -0.2) is 0 Å². The third kappa shape index (κ3) is 2.30. The van der Waals surface area contributed by atoms with Gasteiger partial charge < -0.3 is 9.31 Å². The lowest BCUT2D eigenvalue weighted by Gasteiger charge is -2.32. The zero-order valence-electron chi connectivity index (χ0n) is 12.2. The third-order valence-corrected chi connectivity index (χ3v) is 5.05. The van der Waals surface area contributed by atoms with Gasteiger partial charge in [-0.1, -0.05) is 6.07 Å². The van der Waals surface area contributed by atoms with Gasteiger partial charge in [0.1, 0.15) is 0 Å². The van der Waals surface area contributed by atoms with Crippen LogP contribution in [0.5, 0.6) is 0 Å². The molecule has 0 atom stereocenters. The molecule has 0 amide bonds. The molecule has 2 aromatic rings. The smallest absolute Gasteiger partial charge is 0.399 e. The minimum atomic E-state index is -0.296. The molecule has 1 aliphatic heterocycles. The van der Waals surface area contributed by atoms with Gasteiger partial charge in [-0.05, 0) is 50.8 Å². The van der Waals surface area contributed by atoms with E-state index in [0.717, 1.165) is 15.9 Å². The molecule has 0 aliphatic carbocycles. The number of nitrogens with zero attached hydrogens (tertiary/aromatic N) is 1. The molecule has 3 rings (SSSR count). The fraction of sp³-hybridized carbons (Fsp3) is 0.400. The van der Waals surface area contributed by atoms with Crippen LogP contribution < -0.4 is 4.78 Å². The van der Waals surface area contributed by atoms with Gasteiger partial charge in [-0.15, -0.1) is 0 Å². The monoisotopic (exact) mass is 287 g/mol. The average Bonchev–Trinajstić information content (AvgIpc) is 2.94. The van der Waals surface area contributed by atoms with E-state index in [9.17, 15) is 0 Å². The fourth-order valence-electron chi connectivity index (χ4n) is 2.12. The second-order valence-corrected chi connectivity index (χ2v) is 7.01. The Kier molecular flexibility index (Phi) is 3.24. The molecule has 20 heavy (non-hydrogen) atoms. The van der Waals surface area contributed by atoms with Gasteiger partial charge in [-0.2, -0.15) is 11.3 Å². The summed E-state index contributed by atoms with van der Waals surface area (Å²) in [4.78, 5) is 4.16. The Morgan fingerprint density at radius 2 is 1.80 bits per heavy atom. The molecule has 0 saturated carbocycles. The van der Waals surface area contributed by atoms with Crippen LogP contribution >= 0.6 is 11.3 Å². The molecule has 0 aromatic carbocycles. The largest absolute Gasteiger partial charge is 0.505 e. The first kappa shape index (κ1) is 13.8. The minimum absolute atomic E-state index is 0.282. The molecular formula is C15H18BNO2S. The molecule has 1 aliphatic rings. The summed E-state index contributed by atoms with van der Waals surface area (Å²) in [6.07, 6.45) is 3.65. The van der Waals surface area contributed by atoms with Gasteiger partial charge in [0.05, 0.1) is 11.2 Å². The molecule has 0 spiro atoms. The molecule has 3 heterocycles. The number of pyridine rings is 1. The summed E-state index contributed by atoms with van der Waals surface area (Å²) < 4.78 is 13.2. The van der Waals surface area contributed by atoms with E-state index < -0.39 is 0 Å². The van der Waals surface area contributed by atoms with E-state index in [0.29, 0.717) is 0 Å². The maximum atomic E-state index is 6.07. The molecule has 0 radical (unpaired) electrons. The fourth-order valence-corrected chi connectivity index (χ4v) is 2.99. The Labute approximate surface area is 124 Å². The molecule has 1 fully saturated rings. The topological polar surface area (TPSA) is 31.4 Å². The summed E-state index contributed by atoms with van der Waals surface area (Å²) in [5.41, 5.74) is 1.69. The van der Waals surface area contributed by atoms with Gasteiger partial charge in [0, 0.05) is 22.7 Å². The van der Waals surface area contributed by atoms with Crippen LogP contribution in [0, 0.1) is 0 Å². The van der Waals surface area contributed by atoms with Gasteiger partial charge in [-0.3, -0.25) is 4.98 Å². The Balaban J connectivity index is 1.86. The van der Waals surface area contributed by atoms with E-state index in [1.807, 2.05) is 12.3 Å². The van der Waals surface area contributed by atoms with Crippen LogP contribution in [-0.2, 0) is 9.31 Å². The quantitative estimate of drug-likeness (QED) is 0.795. The molecular weight excluding hydrogens is 269 g/mol. The zero-order valence-corrected chi connectivity index (χ0v) is 13.0. The van der Waals surface area contributed by atoms with Crippen molar-refractivity contribution in [1.29, 1.82) is 0 Å². The van der Waals surface area contributed by atoms with Crippen molar-refractivity contribution in [2.45, 2.75) is 38.9 Å². The van der Waals surface area contributed by atoms with Crippen molar-refractivity contribution in [2.75, 3.05) is 0 Å². The van der Waals surface area contributed by atoms with Crippen molar-refractivity contribution < 1.29 is 9.31 Å². The van der Waals surface area contributed by atoms with Crippen LogP contribution in [0.4, 0.5) is 0 Å². The Hall–Kier alpha value is -1.17. The highest BCUT2D eigenvalue weighted by Gasteiger charge is 2.52.